The van der Waals surface area contributed by atoms with Crippen molar-refractivity contribution in [2.24, 2.45) is 0 Å². The summed E-state index contributed by atoms with van der Waals surface area (Å²) in [6.45, 7) is 0. The lowest BCUT2D eigenvalue weighted by molar-refractivity contribution is -0.113. The van der Waals surface area contributed by atoms with Gasteiger partial charge in [0.2, 0.25) is 17.0 Å². The minimum Gasteiger partial charge on any atom is -0.368 e. The molecule has 0 unspecified atom stereocenters. The van der Waals surface area contributed by atoms with Gasteiger partial charge in [-0.05, 0) is 36.4 Å². The number of H-pyrrole nitrogens is 1. The van der Waals surface area contributed by atoms with Gasteiger partial charge in [-0.2, -0.15) is 4.98 Å². The zero-order chi connectivity index (χ0) is 19.2. The van der Waals surface area contributed by atoms with Crippen LogP contribution in [0, 0.1) is 0 Å². The highest BCUT2D eigenvalue weighted by molar-refractivity contribution is 7.99. The fourth-order valence-corrected chi connectivity index (χ4v) is 2.89. The molecule has 1 aromatic heterocycles. The highest BCUT2D eigenvalue weighted by atomic mass is 35.5. The molecule has 0 saturated heterocycles. The number of hydrogen-bond acceptors (Lipinski definition) is 6. The number of halogens is 1. The number of anilines is 3. The van der Waals surface area contributed by atoms with Gasteiger partial charge in [-0.3, -0.25) is 9.59 Å². The van der Waals surface area contributed by atoms with E-state index in [0.29, 0.717) is 27.1 Å². The van der Waals surface area contributed by atoms with Crippen LogP contribution in [0.3, 0.4) is 0 Å². The number of nitrogen functional groups attached to an aromatic ring is 1. The zero-order valence-electron chi connectivity index (χ0n) is 13.9. The Morgan fingerprint density at radius 3 is 2.56 bits per heavy atom. The zero-order valence-corrected chi connectivity index (χ0v) is 15.5. The first-order valence-electron chi connectivity index (χ1n) is 7.78. The molecule has 2 aromatic carbocycles. The number of aromatic nitrogens is 3. The van der Waals surface area contributed by atoms with Gasteiger partial charge >= 0.3 is 0 Å². The first-order valence-corrected chi connectivity index (χ1v) is 9.14. The van der Waals surface area contributed by atoms with Gasteiger partial charge in [-0.15, -0.1) is 5.10 Å². The highest BCUT2D eigenvalue weighted by Crippen LogP contribution is 2.20. The van der Waals surface area contributed by atoms with Crippen LogP contribution in [0.15, 0.2) is 53.7 Å². The van der Waals surface area contributed by atoms with Crippen LogP contribution >= 0.6 is 23.4 Å². The van der Waals surface area contributed by atoms with E-state index in [2.05, 4.69) is 25.8 Å². The molecule has 3 rings (SSSR count). The molecule has 1 heterocycles. The quantitative estimate of drug-likeness (QED) is 0.469. The molecule has 8 nitrogen and oxygen atoms in total. The van der Waals surface area contributed by atoms with E-state index < -0.39 is 0 Å². The fraction of sp³-hybridized carbons (Fsp3) is 0.0588. The van der Waals surface area contributed by atoms with Crippen LogP contribution in [0.1, 0.15) is 10.4 Å². The second-order valence-electron chi connectivity index (χ2n) is 5.35. The summed E-state index contributed by atoms with van der Waals surface area (Å²) in [5.41, 5.74) is 6.79. The predicted molar refractivity (Wildman–Crippen MR) is 106 cm³/mol. The first-order chi connectivity index (χ1) is 13.0. The number of aromatic amines is 1. The van der Waals surface area contributed by atoms with E-state index >= 15 is 0 Å². The summed E-state index contributed by atoms with van der Waals surface area (Å²) in [5, 5.41) is 12.8. The fourth-order valence-electron chi connectivity index (χ4n) is 2.16. The van der Waals surface area contributed by atoms with E-state index in [0.717, 1.165) is 11.8 Å². The van der Waals surface area contributed by atoms with Crippen LogP contribution in [0.5, 0.6) is 0 Å². The molecule has 138 valence electrons. The van der Waals surface area contributed by atoms with Gasteiger partial charge in [0.15, 0.2) is 0 Å². The number of amides is 2. The summed E-state index contributed by atoms with van der Waals surface area (Å²) < 4.78 is 0. The number of rotatable bonds is 6. The number of hydrogen-bond donors (Lipinski definition) is 4. The summed E-state index contributed by atoms with van der Waals surface area (Å²) in [4.78, 5) is 28.6. The lowest BCUT2D eigenvalue weighted by atomic mass is 10.1. The van der Waals surface area contributed by atoms with E-state index in [-0.39, 0.29) is 23.5 Å². The Labute approximate surface area is 163 Å². The standard InChI is InChI=1S/C17H15ClN6O2S/c18-10-5-7-11(8-6-10)20-15(26)12-3-1-2-4-13(12)21-14(25)9-27-17-22-16(19)23-24-17/h1-8H,9H2,(H,20,26)(H,21,25)(H3,19,22,23,24). The maximum absolute atomic E-state index is 12.5. The first kappa shape index (κ1) is 18.7. The van der Waals surface area contributed by atoms with E-state index in [1.807, 2.05) is 0 Å². The molecule has 0 spiro atoms. The number of carbonyl (C=O) groups is 2. The molecule has 0 saturated carbocycles. The molecule has 3 aromatic rings. The molecular weight excluding hydrogens is 388 g/mol. The van der Waals surface area contributed by atoms with E-state index in [1.54, 1.807) is 48.5 Å². The lowest BCUT2D eigenvalue weighted by Crippen LogP contribution is -2.19. The van der Waals surface area contributed by atoms with Gasteiger partial charge in [0.25, 0.3) is 5.91 Å². The second-order valence-corrected chi connectivity index (χ2v) is 6.73. The summed E-state index contributed by atoms with van der Waals surface area (Å²) in [6, 6.07) is 13.5. The average molecular weight is 403 g/mol. The SMILES string of the molecule is Nc1nc(SCC(=O)Nc2ccccc2C(=O)Nc2ccc(Cl)cc2)n[nH]1. The van der Waals surface area contributed by atoms with Crippen LogP contribution < -0.4 is 16.4 Å². The molecule has 27 heavy (non-hydrogen) atoms. The molecular formula is C17H15ClN6O2S. The van der Waals surface area contributed by atoms with Gasteiger partial charge < -0.3 is 16.4 Å². The van der Waals surface area contributed by atoms with Crippen molar-refractivity contribution in [1.29, 1.82) is 0 Å². The Bertz CT molecular complexity index is 960. The number of thioether (sulfide) groups is 1. The van der Waals surface area contributed by atoms with E-state index in [1.165, 1.54) is 0 Å². The third-order valence-corrected chi connectivity index (χ3v) is 4.46. The smallest absolute Gasteiger partial charge is 0.257 e. The highest BCUT2D eigenvalue weighted by Gasteiger charge is 2.14. The predicted octanol–water partition coefficient (Wildman–Crippen LogP) is 3.02. The third-order valence-electron chi connectivity index (χ3n) is 3.36. The largest absolute Gasteiger partial charge is 0.368 e. The number of carbonyl (C=O) groups excluding carboxylic acids is 2. The Balaban J connectivity index is 1.64. The van der Waals surface area contributed by atoms with Gasteiger partial charge in [-0.25, -0.2) is 5.10 Å². The Morgan fingerprint density at radius 1 is 1.11 bits per heavy atom. The van der Waals surface area contributed by atoms with Gasteiger partial charge in [0.1, 0.15) is 0 Å². The summed E-state index contributed by atoms with van der Waals surface area (Å²) >= 11 is 6.97. The molecule has 0 bridgehead atoms. The van der Waals surface area contributed by atoms with Crippen molar-refractivity contribution in [2.45, 2.75) is 5.16 Å². The van der Waals surface area contributed by atoms with Crippen molar-refractivity contribution in [3.8, 4) is 0 Å². The van der Waals surface area contributed by atoms with Gasteiger partial charge in [0.05, 0.1) is 17.0 Å². The number of nitrogens with two attached hydrogens (primary N) is 1. The normalized spacial score (nSPS) is 10.4. The van der Waals surface area contributed by atoms with Crippen molar-refractivity contribution < 1.29 is 9.59 Å². The summed E-state index contributed by atoms with van der Waals surface area (Å²) in [5.74, 6) is -0.385. The Hall–Kier alpha value is -3.04. The lowest BCUT2D eigenvalue weighted by Gasteiger charge is -2.11. The van der Waals surface area contributed by atoms with Crippen molar-refractivity contribution in [2.75, 3.05) is 22.1 Å². The molecule has 2 amide bonds. The van der Waals surface area contributed by atoms with Crippen LogP contribution in [0.25, 0.3) is 0 Å². The topological polar surface area (TPSA) is 126 Å². The van der Waals surface area contributed by atoms with Gasteiger partial charge in [0, 0.05) is 10.7 Å². The van der Waals surface area contributed by atoms with Crippen molar-refractivity contribution >= 4 is 52.5 Å². The molecule has 0 fully saturated rings. The number of para-hydroxylation sites is 1. The molecule has 0 radical (unpaired) electrons. The molecule has 10 heteroatoms. The van der Waals surface area contributed by atoms with E-state index in [4.69, 9.17) is 17.3 Å². The van der Waals surface area contributed by atoms with Crippen molar-refractivity contribution in [3.05, 3.63) is 59.1 Å². The average Bonchev–Trinajstić information content (AvgIpc) is 3.08. The number of benzene rings is 2. The number of nitrogens with one attached hydrogen (secondary N) is 3. The molecule has 5 N–H and O–H groups in total. The van der Waals surface area contributed by atoms with Crippen molar-refractivity contribution in [1.82, 2.24) is 15.2 Å². The number of nitrogens with zero attached hydrogens (tertiary/aromatic N) is 2. The van der Waals surface area contributed by atoms with Crippen LogP contribution in [0.4, 0.5) is 17.3 Å². The van der Waals surface area contributed by atoms with Gasteiger partial charge in [-0.1, -0.05) is 35.5 Å². The maximum atomic E-state index is 12.5. The second kappa shape index (κ2) is 8.56. The van der Waals surface area contributed by atoms with Crippen LogP contribution in [0.2, 0.25) is 5.02 Å². The third kappa shape index (κ3) is 5.22. The van der Waals surface area contributed by atoms with Crippen LogP contribution in [-0.4, -0.2) is 32.7 Å². The molecule has 0 aliphatic carbocycles. The monoisotopic (exact) mass is 402 g/mol. The Morgan fingerprint density at radius 2 is 1.85 bits per heavy atom. The summed E-state index contributed by atoms with van der Waals surface area (Å²) in [6.07, 6.45) is 0. The van der Waals surface area contributed by atoms with Crippen LogP contribution in [-0.2, 0) is 4.79 Å². The summed E-state index contributed by atoms with van der Waals surface area (Å²) in [7, 11) is 0. The molecule has 0 atom stereocenters. The molecule has 0 aliphatic heterocycles. The minimum absolute atomic E-state index is 0.0738. The van der Waals surface area contributed by atoms with Crippen molar-refractivity contribution in [3.63, 3.8) is 0 Å². The Kier molecular flexibility index (Phi) is 5.94. The molecule has 0 aliphatic rings. The minimum atomic E-state index is -0.345. The van der Waals surface area contributed by atoms with E-state index in [9.17, 15) is 9.59 Å². The maximum Gasteiger partial charge on any atom is 0.257 e.